The van der Waals surface area contributed by atoms with Gasteiger partial charge in [0, 0.05) is 26.0 Å². The maximum absolute atomic E-state index is 12.0. The van der Waals surface area contributed by atoms with Crippen LogP contribution in [0.15, 0.2) is 77.3 Å². The highest BCUT2D eigenvalue weighted by Gasteiger charge is 2.02. The summed E-state index contributed by atoms with van der Waals surface area (Å²) in [5, 5.41) is 2.84. The second-order valence-electron chi connectivity index (χ2n) is 4.90. The average molecular weight is 384 g/mol. The number of carbonyl (C=O) groups excluding carboxylic acids is 1. The average Bonchev–Trinajstić information content (AvgIpc) is 3.03. The Labute approximate surface area is 147 Å². The molecule has 0 atom stereocenters. The standard InChI is InChI=1S/C19H14BrNOS/c20-15-7-4-8-16(13-15)21-19(22)12-10-17-9-11-18(23-17)14-5-2-1-3-6-14/h1-13H,(H,21,22)/b12-10+. The van der Waals surface area contributed by atoms with Crippen LogP contribution in [0.25, 0.3) is 16.5 Å². The molecule has 0 spiro atoms. The predicted octanol–water partition coefficient (Wildman–Crippen LogP) is 5.83. The Morgan fingerprint density at radius 2 is 1.83 bits per heavy atom. The van der Waals surface area contributed by atoms with Crippen LogP contribution in [-0.2, 0) is 4.79 Å². The van der Waals surface area contributed by atoms with Crippen LogP contribution in [0.5, 0.6) is 0 Å². The van der Waals surface area contributed by atoms with Crippen molar-refractivity contribution in [1.82, 2.24) is 0 Å². The number of carbonyl (C=O) groups is 1. The van der Waals surface area contributed by atoms with E-state index >= 15 is 0 Å². The molecule has 0 aliphatic heterocycles. The van der Waals surface area contributed by atoms with Gasteiger partial charge in [-0.25, -0.2) is 0 Å². The predicted molar refractivity (Wildman–Crippen MR) is 102 cm³/mol. The summed E-state index contributed by atoms with van der Waals surface area (Å²) in [6.07, 6.45) is 3.39. The van der Waals surface area contributed by atoms with Crippen molar-refractivity contribution in [1.29, 1.82) is 0 Å². The molecule has 0 radical (unpaired) electrons. The molecule has 2 nitrogen and oxygen atoms in total. The number of halogens is 1. The van der Waals surface area contributed by atoms with Gasteiger partial charge in [0.25, 0.3) is 0 Å². The minimum Gasteiger partial charge on any atom is -0.322 e. The molecule has 1 amide bonds. The van der Waals surface area contributed by atoms with Crippen molar-refractivity contribution >= 4 is 44.9 Å². The highest BCUT2D eigenvalue weighted by molar-refractivity contribution is 9.10. The maximum atomic E-state index is 12.0. The van der Waals surface area contributed by atoms with Crippen LogP contribution in [0.4, 0.5) is 5.69 Å². The van der Waals surface area contributed by atoms with Crippen molar-refractivity contribution in [3.8, 4) is 10.4 Å². The molecular weight excluding hydrogens is 370 g/mol. The van der Waals surface area contributed by atoms with Crippen LogP contribution in [0.1, 0.15) is 4.88 Å². The first-order chi connectivity index (χ1) is 11.2. The van der Waals surface area contributed by atoms with E-state index in [1.807, 2.05) is 54.6 Å². The van der Waals surface area contributed by atoms with Gasteiger partial charge >= 0.3 is 0 Å². The van der Waals surface area contributed by atoms with Crippen LogP contribution in [0, 0.1) is 0 Å². The third kappa shape index (κ3) is 4.41. The molecule has 4 heteroatoms. The van der Waals surface area contributed by atoms with E-state index in [4.69, 9.17) is 0 Å². The van der Waals surface area contributed by atoms with Gasteiger partial charge in [0.1, 0.15) is 0 Å². The van der Waals surface area contributed by atoms with Gasteiger partial charge in [-0.1, -0.05) is 52.3 Å². The van der Waals surface area contributed by atoms with Crippen molar-refractivity contribution < 1.29 is 4.79 Å². The van der Waals surface area contributed by atoms with Crippen LogP contribution >= 0.6 is 27.3 Å². The van der Waals surface area contributed by atoms with Gasteiger partial charge in [-0.05, 0) is 42.0 Å². The summed E-state index contributed by atoms with van der Waals surface area (Å²) in [5.74, 6) is -0.141. The van der Waals surface area contributed by atoms with Gasteiger partial charge in [-0.3, -0.25) is 4.79 Å². The quantitative estimate of drug-likeness (QED) is 0.564. The fourth-order valence-corrected chi connectivity index (χ4v) is 3.42. The Hall–Kier alpha value is -2.17. The fraction of sp³-hybridized carbons (Fsp3) is 0. The summed E-state index contributed by atoms with van der Waals surface area (Å²) in [4.78, 5) is 14.2. The molecule has 1 aromatic heterocycles. The molecule has 0 saturated carbocycles. The Morgan fingerprint density at radius 1 is 1.00 bits per heavy atom. The second kappa shape index (κ2) is 7.40. The number of anilines is 1. The van der Waals surface area contributed by atoms with E-state index in [0.29, 0.717) is 0 Å². The highest BCUT2D eigenvalue weighted by atomic mass is 79.9. The summed E-state index contributed by atoms with van der Waals surface area (Å²) >= 11 is 5.05. The normalized spacial score (nSPS) is 10.8. The topological polar surface area (TPSA) is 29.1 Å². The van der Waals surface area contributed by atoms with E-state index in [0.717, 1.165) is 15.0 Å². The highest BCUT2D eigenvalue weighted by Crippen LogP contribution is 2.28. The molecule has 0 unspecified atom stereocenters. The van der Waals surface area contributed by atoms with E-state index < -0.39 is 0 Å². The lowest BCUT2D eigenvalue weighted by molar-refractivity contribution is -0.111. The summed E-state index contributed by atoms with van der Waals surface area (Å²) in [5.41, 5.74) is 1.96. The molecular formula is C19H14BrNOS. The Balaban J connectivity index is 1.66. The number of nitrogens with one attached hydrogen (secondary N) is 1. The number of amides is 1. The molecule has 3 aromatic rings. The molecule has 0 aliphatic carbocycles. The smallest absolute Gasteiger partial charge is 0.248 e. The summed E-state index contributed by atoms with van der Waals surface area (Å²) in [6.45, 7) is 0. The monoisotopic (exact) mass is 383 g/mol. The summed E-state index contributed by atoms with van der Waals surface area (Å²) < 4.78 is 0.935. The zero-order valence-corrected chi connectivity index (χ0v) is 14.6. The molecule has 0 saturated heterocycles. The lowest BCUT2D eigenvalue weighted by Crippen LogP contribution is -2.07. The second-order valence-corrected chi connectivity index (χ2v) is 6.93. The summed E-state index contributed by atoms with van der Waals surface area (Å²) in [6, 6.07) is 21.8. The molecule has 114 valence electrons. The van der Waals surface area contributed by atoms with Crippen molar-refractivity contribution in [2.24, 2.45) is 0 Å². The third-order valence-electron chi connectivity index (χ3n) is 3.18. The van der Waals surface area contributed by atoms with Gasteiger partial charge in [-0.2, -0.15) is 0 Å². The first-order valence-electron chi connectivity index (χ1n) is 7.10. The Morgan fingerprint density at radius 3 is 2.61 bits per heavy atom. The Bertz CT molecular complexity index is 839. The molecule has 0 fully saturated rings. The van der Waals surface area contributed by atoms with E-state index in [1.54, 1.807) is 17.4 Å². The number of rotatable bonds is 4. The first kappa shape index (κ1) is 15.7. The van der Waals surface area contributed by atoms with Crippen molar-refractivity contribution in [3.63, 3.8) is 0 Å². The van der Waals surface area contributed by atoms with Crippen molar-refractivity contribution in [2.45, 2.75) is 0 Å². The number of thiophene rings is 1. The molecule has 2 aromatic carbocycles. The fourth-order valence-electron chi connectivity index (χ4n) is 2.11. The number of benzene rings is 2. The maximum Gasteiger partial charge on any atom is 0.248 e. The van der Waals surface area contributed by atoms with Gasteiger partial charge in [0.2, 0.25) is 5.91 Å². The lowest BCUT2D eigenvalue weighted by Gasteiger charge is -2.01. The van der Waals surface area contributed by atoms with E-state index in [2.05, 4.69) is 39.4 Å². The molecule has 1 N–H and O–H groups in total. The van der Waals surface area contributed by atoms with Gasteiger partial charge in [0.05, 0.1) is 0 Å². The Kier molecular flexibility index (Phi) is 5.05. The number of hydrogen-bond acceptors (Lipinski definition) is 2. The van der Waals surface area contributed by atoms with Crippen LogP contribution in [0.2, 0.25) is 0 Å². The van der Waals surface area contributed by atoms with Gasteiger partial charge in [-0.15, -0.1) is 11.3 Å². The molecule has 0 aliphatic rings. The van der Waals surface area contributed by atoms with Gasteiger partial charge in [0.15, 0.2) is 0 Å². The van der Waals surface area contributed by atoms with E-state index in [9.17, 15) is 4.79 Å². The van der Waals surface area contributed by atoms with Crippen molar-refractivity contribution in [2.75, 3.05) is 5.32 Å². The van der Waals surface area contributed by atoms with Crippen LogP contribution < -0.4 is 5.32 Å². The number of hydrogen-bond donors (Lipinski definition) is 1. The SMILES string of the molecule is O=C(/C=C/c1ccc(-c2ccccc2)s1)Nc1cccc(Br)c1. The summed E-state index contributed by atoms with van der Waals surface area (Å²) in [7, 11) is 0. The molecule has 23 heavy (non-hydrogen) atoms. The first-order valence-corrected chi connectivity index (χ1v) is 8.71. The van der Waals surface area contributed by atoms with Crippen LogP contribution in [0.3, 0.4) is 0 Å². The minimum atomic E-state index is -0.141. The van der Waals surface area contributed by atoms with Crippen LogP contribution in [-0.4, -0.2) is 5.91 Å². The lowest BCUT2D eigenvalue weighted by atomic mass is 10.2. The minimum absolute atomic E-state index is 0.141. The van der Waals surface area contributed by atoms with Crippen molar-refractivity contribution in [3.05, 3.63) is 82.2 Å². The zero-order valence-electron chi connectivity index (χ0n) is 12.2. The molecule has 0 bridgehead atoms. The molecule has 3 rings (SSSR count). The van der Waals surface area contributed by atoms with Gasteiger partial charge < -0.3 is 5.32 Å². The third-order valence-corrected chi connectivity index (χ3v) is 4.77. The van der Waals surface area contributed by atoms with E-state index in [1.165, 1.54) is 10.4 Å². The largest absolute Gasteiger partial charge is 0.322 e. The van der Waals surface area contributed by atoms with E-state index in [-0.39, 0.29) is 5.91 Å². The molecule has 1 heterocycles. The zero-order chi connectivity index (χ0) is 16.1.